The SMILES string of the molecule is COc1ccccc1COC(=O)Cc1ccc(N2CCCC2=O)cc1. The molecular weight excluding hydrogens is 318 g/mol. The van der Waals surface area contributed by atoms with Crippen LogP contribution in [-0.2, 0) is 27.4 Å². The first-order valence-corrected chi connectivity index (χ1v) is 8.34. The molecule has 5 nitrogen and oxygen atoms in total. The summed E-state index contributed by atoms with van der Waals surface area (Å²) in [6.07, 6.45) is 1.70. The van der Waals surface area contributed by atoms with Gasteiger partial charge in [0.15, 0.2) is 0 Å². The Morgan fingerprint density at radius 3 is 2.56 bits per heavy atom. The van der Waals surface area contributed by atoms with Crippen molar-refractivity contribution in [3.8, 4) is 5.75 Å². The monoisotopic (exact) mass is 339 g/mol. The summed E-state index contributed by atoms with van der Waals surface area (Å²) in [5.74, 6) is 0.565. The third kappa shape index (κ3) is 4.18. The third-order valence-corrected chi connectivity index (χ3v) is 4.25. The van der Waals surface area contributed by atoms with Gasteiger partial charge in [-0.1, -0.05) is 30.3 Å². The van der Waals surface area contributed by atoms with Crippen LogP contribution in [0.25, 0.3) is 0 Å². The van der Waals surface area contributed by atoms with E-state index in [1.807, 2.05) is 48.5 Å². The summed E-state index contributed by atoms with van der Waals surface area (Å²) < 4.78 is 10.6. The number of para-hydroxylation sites is 1. The first kappa shape index (κ1) is 17.0. The van der Waals surface area contributed by atoms with E-state index in [-0.39, 0.29) is 24.9 Å². The molecule has 1 aliphatic heterocycles. The van der Waals surface area contributed by atoms with Crippen LogP contribution in [0.5, 0.6) is 5.75 Å². The molecule has 1 amide bonds. The molecule has 3 rings (SSSR count). The van der Waals surface area contributed by atoms with Crippen LogP contribution in [0.3, 0.4) is 0 Å². The first-order valence-electron chi connectivity index (χ1n) is 8.34. The molecular formula is C20H21NO4. The summed E-state index contributed by atoms with van der Waals surface area (Å²) in [4.78, 5) is 25.6. The second kappa shape index (κ2) is 7.83. The predicted octanol–water partition coefficient (Wildman–Crippen LogP) is 3.11. The molecule has 25 heavy (non-hydrogen) atoms. The van der Waals surface area contributed by atoms with Crippen molar-refractivity contribution in [1.29, 1.82) is 0 Å². The molecule has 1 aliphatic rings. The van der Waals surface area contributed by atoms with E-state index >= 15 is 0 Å². The van der Waals surface area contributed by atoms with Crippen LogP contribution in [0.2, 0.25) is 0 Å². The lowest BCUT2D eigenvalue weighted by Gasteiger charge is -2.15. The minimum atomic E-state index is -0.295. The normalized spacial score (nSPS) is 13.8. The predicted molar refractivity (Wildman–Crippen MR) is 94.5 cm³/mol. The second-order valence-electron chi connectivity index (χ2n) is 5.96. The molecule has 2 aromatic carbocycles. The largest absolute Gasteiger partial charge is 0.496 e. The number of ether oxygens (including phenoxy) is 2. The number of nitrogens with zero attached hydrogens (tertiary/aromatic N) is 1. The van der Waals surface area contributed by atoms with Crippen molar-refractivity contribution in [2.45, 2.75) is 25.9 Å². The Morgan fingerprint density at radius 1 is 1.12 bits per heavy atom. The standard InChI is InChI=1S/C20H21NO4/c1-24-18-6-3-2-5-16(18)14-25-20(23)13-15-8-10-17(11-9-15)21-12-4-7-19(21)22/h2-3,5-6,8-11H,4,7,12-14H2,1H3. The fourth-order valence-corrected chi connectivity index (χ4v) is 2.91. The number of carbonyl (C=O) groups excluding carboxylic acids is 2. The van der Waals surface area contributed by atoms with E-state index in [4.69, 9.17) is 9.47 Å². The van der Waals surface area contributed by atoms with Gasteiger partial charge >= 0.3 is 5.97 Å². The van der Waals surface area contributed by atoms with E-state index in [2.05, 4.69) is 0 Å². The molecule has 1 heterocycles. The minimum absolute atomic E-state index is 0.156. The lowest BCUT2D eigenvalue weighted by molar-refractivity contribution is -0.144. The lowest BCUT2D eigenvalue weighted by Crippen LogP contribution is -2.23. The maximum absolute atomic E-state index is 12.1. The van der Waals surface area contributed by atoms with E-state index < -0.39 is 0 Å². The Balaban J connectivity index is 1.55. The molecule has 0 aromatic heterocycles. The topological polar surface area (TPSA) is 55.8 Å². The zero-order valence-corrected chi connectivity index (χ0v) is 14.2. The van der Waals surface area contributed by atoms with Gasteiger partial charge in [0.05, 0.1) is 13.5 Å². The fraction of sp³-hybridized carbons (Fsp3) is 0.300. The molecule has 1 saturated heterocycles. The Hall–Kier alpha value is -2.82. The van der Waals surface area contributed by atoms with Crippen LogP contribution in [0.1, 0.15) is 24.0 Å². The van der Waals surface area contributed by atoms with E-state index in [1.165, 1.54) is 0 Å². The van der Waals surface area contributed by atoms with Gasteiger partial charge in [0.25, 0.3) is 0 Å². The maximum atomic E-state index is 12.1. The van der Waals surface area contributed by atoms with Crippen molar-refractivity contribution < 1.29 is 19.1 Å². The molecule has 0 N–H and O–H groups in total. The van der Waals surface area contributed by atoms with E-state index in [0.29, 0.717) is 12.2 Å². The van der Waals surface area contributed by atoms with Crippen LogP contribution in [0, 0.1) is 0 Å². The summed E-state index contributed by atoms with van der Waals surface area (Å²) in [5.41, 5.74) is 2.58. The number of benzene rings is 2. The molecule has 1 fully saturated rings. The smallest absolute Gasteiger partial charge is 0.310 e. The van der Waals surface area contributed by atoms with E-state index in [1.54, 1.807) is 12.0 Å². The highest BCUT2D eigenvalue weighted by atomic mass is 16.5. The number of esters is 1. The number of rotatable bonds is 6. The van der Waals surface area contributed by atoms with Crippen LogP contribution >= 0.6 is 0 Å². The van der Waals surface area contributed by atoms with Gasteiger partial charge in [0, 0.05) is 24.2 Å². The molecule has 5 heteroatoms. The van der Waals surface area contributed by atoms with Gasteiger partial charge in [0.2, 0.25) is 5.91 Å². The molecule has 0 aliphatic carbocycles. The number of anilines is 1. The Kier molecular flexibility index (Phi) is 5.33. The van der Waals surface area contributed by atoms with Crippen LogP contribution in [-0.4, -0.2) is 25.5 Å². The van der Waals surface area contributed by atoms with E-state index in [9.17, 15) is 9.59 Å². The van der Waals surface area contributed by atoms with Crippen LogP contribution in [0.15, 0.2) is 48.5 Å². The molecule has 0 spiro atoms. The number of hydrogen-bond donors (Lipinski definition) is 0. The second-order valence-corrected chi connectivity index (χ2v) is 5.96. The van der Waals surface area contributed by atoms with Gasteiger partial charge in [-0.3, -0.25) is 9.59 Å². The molecule has 2 aromatic rings. The molecule has 0 atom stereocenters. The van der Waals surface area contributed by atoms with Gasteiger partial charge in [-0.15, -0.1) is 0 Å². The Labute approximate surface area is 147 Å². The van der Waals surface area contributed by atoms with Crippen molar-refractivity contribution >= 4 is 17.6 Å². The highest BCUT2D eigenvalue weighted by molar-refractivity contribution is 5.95. The highest BCUT2D eigenvalue weighted by Crippen LogP contribution is 2.22. The minimum Gasteiger partial charge on any atom is -0.496 e. The Morgan fingerprint density at radius 2 is 1.88 bits per heavy atom. The van der Waals surface area contributed by atoms with Crippen molar-refractivity contribution in [1.82, 2.24) is 0 Å². The average molecular weight is 339 g/mol. The van der Waals surface area contributed by atoms with Crippen molar-refractivity contribution in [2.24, 2.45) is 0 Å². The van der Waals surface area contributed by atoms with Crippen LogP contribution in [0.4, 0.5) is 5.69 Å². The van der Waals surface area contributed by atoms with Gasteiger partial charge in [-0.2, -0.15) is 0 Å². The average Bonchev–Trinajstić information content (AvgIpc) is 3.07. The quantitative estimate of drug-likeness (QED) is 0.759. The fourth-order valence-electron chi connectivity index (χ4n) is 2.91. The number of methoxy groups -OCH3 is 1. The first-order chi connectivity index (χ1) is 12.2. The number of carbonyl (C=O) groups is 2. The van der Waals surface area contributed by atoms with Crippen molar-refractivity contribution in [2.75, 3.05) is 18.6 Å². The maximum Gasteiger partial charge on any atom is 0.310 e. The van der Waals surface area contributed by atoms with Crippen molar-refractivity contribution in [3.63, 3.8) is 0 Å². The zero-order valence-electron chi connectivity index (χ0n) is 14.2. The third-order valence-electron chi connectivity index (χ3n) is 4.25. The molecule has 0 radical (unpaired) electrons. The summed E-state index contributed by atoms with van der Waals surface area (Å²) in [7, 11) is 1.59. The molecule has 0 unspecified atom stereocenters. The van der Waals surface area contributed by atoms with Gasteiger partial charge in [0.1, 0.15) is 12.4 Å². The Bertz CT molecular complexity index is 755. The molecule has 130 valence electrons. The number of amides is 1. The van der Waals surface area contributed by atoms with E-state index in [0.717, 1.165) is 29.8 Å². The molecule has 0 saturated carbocycles. The van der Waals surface area contributed by atoms with Crippen molar-refractivity contribution in [3.05, 3.63) is 59.7 Å². The van der Waals surface area contributed by atoms with Crippen LogP contribution < -0.4 is 9.64 Å². The van der Waals surface area contributed by atoms with Gasteiger partial charge in [-0.25, -0.2) is 0 Å². The van der Waals surface area contributed by atoms with Gasteiger partial charge in [-0.05, 0) is 30.2 Å². The zero-order chi connectivity index (χ0) is 17.6. The summed E-state index contributed by atoms with van der Waals surface area (Å²) in [6, 6.07) is 14.9. The summed E-state index contributed by atoms with van der Waals surface area (Å²) >= 11 is 0. The summed E-state index contributed by atoms with van der Waals surface area (Å²) in [5, 5.41) is 0. The number of hydrogen-bond acceptors (Lipinski definition) is 4. The van der Waals surface area contributed by atoms with Gasteiger partial charge < -0.3 is 14.4 Å². The summed E-state index contributed by atoms with van der Waals surface area (Å²) in [6.45, 7) is 0.947. The molecule has 0 bridgehead atoms. The lowest BCUT2D eigenvalue weighted by atomic mass is 10.1. The highest BCUT2D eigenvalue weighted by Gasteiger charge is 2.21.